The lowest BCUT2D eigenvalue weighted by Crippen LogP contribution is -2.37. The zero-order valence-electron chi connectivity index (χ0n) is 14.4. The number of carbonyl (C=O) groups excluding carboxylic acids is 1. The first-order valence-electron chi connectivity index (χ1n) is 8.64. The number of aromatic nitrogens is 1. The molecule has 1 aromatic heterocycles. The van der Waals surface area contributed by atoms with Gasteiger partial charge in [0, 0.05) is 12.2 Å². The van der Waals surface area contributed by atoms with Crippen LogP contribution in [0.25, 0.3) is 10.2 Å². The molecule has 0 saturated carbocycles. The van der Waals surface area contributed by atoms with Gasteiger partial charge in [0.15, 0.2) is 5.13 Å². The van der Waals surface area contributed by atoms with Crippen LogP contribution in [0.15, 0.2) is 42.5 Å². The average molecular weight is 398 g/mol. The molecule has 136 valence electrons. The molecule has 5 nitrogen and oxygen atoms in total. The van der Waals surface area contributed by atoms with E-state index in [4.69, 9.17) is 21.6 Å². The second-order valence-electron chi connectivity index (χ2n) is 6.32. The van der Waals surface area contributed by atoms with E-state index in [1.807, 2.05) is 12.1 Å². The highest BCUT2D eigenvalue weighted by molar-refractivity contribution is 7.22. The van der Waals surface area contributed by atoms with Crippen LogP contribution < -0.4 is 4.90 Å². The van der Waals surface area contributed by atoms with E-state index >= 15 is 0 Å². The number of ether oxygens (including phenoxy) is 1. The predicted octanol–water partition coefficient (Wildman–Crippen LogP) is 4.65. The number of nitrogens with zero attached hydrogens (tertiary/aromatic N) is 3. The lowest BCUT2D eigenvalue weighted by molar-refractivity contribution is 0.0917. The number of hydrogen-bond acceptors (Lipinski definition) is 5. The number of halogens is 1. The topological polar surface area (TPSA) is 66.2 Å². The molecule has 2 heterocycles. The molecule has 0 N–H and O–H groups in total. The Hall–Kier alpha value is -2.46. The van der Waals surface area contributed by atoms with E-state index < -0.39 is 0 Å². The smallest absolute Gasteiger partial charge is 0.260 e. The third-order valence-electron chi connectivity index (χ3n) is 4.51. The van der Waals surface area contributed by atoms with Gasteiger partial charge < -0.3 is 4.74 Å². The van der Waals surface area contributed by atoms with Crippen LogP contribution in [0.2, 0.25) is 5.02 Å². The van der Waals surface area contributed by atoms with Crippen LogP contribution in [-0.4, -0.2) is 30.1 Å². The van der Waals surface area contributed by atoms with Gasteiger partial charge in [-0.3, -0.25) is 9.69 Å². The summed E-state index contributed by atoms with van der Waals surface area (Å²) in [5.74, 6) is -0.162. The quantitative estimate of drug-likeness (QED) is 0.642. The van der Waals surface area contributed by atoms with Crippen molar-refractivity contribution >= 4 is 44.2 Å². The van der Waals surface area contributed by atoms with Gasteiger partial charge in [-0.05, 0) is 49.2 Å². The highest BCUT2D eigenvalue weighted by Gasteiger charge is 2.27. The fourth-order valence-electron chi connectivity index (χ4n) is 3.10. The Labute approximate surface area is 165 Å². The molecule has 3 aromatic rings. The Morgan fingerprint density at radius 1 is 1.33 bits per heavy atom. The van der Waals surface area contributed by atoms with Crippen LogP contribution in [0.4, 0.5) is 5.13 Å². The van der Waals surface area contributed by atoms with Crippen molar-refractivity contribution in [2.24, 2.45) is 0 Å². The normalized spacial score (nSPS) is 16.4. The predicted molar refractivity (Wildman–Crippen MR) is 106 cm³/mol. The maximum Gasteiger partial charge on any atom is 0.260 e. The fourth-order valence-corrected chi connectivity index (χ4v) is 4.37. The molecular formula is C20H16ClN3O2S. The molecule has 27 heavy (non-hydrogen) atoms. The number of benzene rings is 2. The van der Waals surface area contributed by atoms with Gasteiger partial charge in [-0.25, -0.2) is 4.98 Å². The number of carbonyl (C=O) groups is 1. The van der Waals surface area contributed by atoms with Gasteiger partial charge in [-0.1, -0.05) is 29.0 Å². The van der Waals surface area contributed by atoms with Gasteiger partial charge in [0.25, 0.3) is 5.91 Å². The maximum atomic E-state index is 13.2. The molecule has 1 aliphatic rings. The summed E-state index contributed by atoms with van der Waals surface area (Å²) in [5, 5.41) is 10.1. The zero-order chi connectivity index (χ0) is 18.8. The van der Waals surface area contributed by atoms with Crippen LogP contribution in [0.1, 0.15) is 28.8 Å². The molecule has 0 aliphatic carbocycles. The number of rotatable bonds is 4. The maximum absolute atomic E-state index is 13.2. The van der Waals surface area contributed by atoms with E-state index in [9.17, 15) is 4.79 Å². The molecule has 1 aliphatic heterocycles. The van der Waals surface area contributed by atoms with Gasteiger partial charge in [-0.2, -0.15) is 5.26 Å². The Balaban J connectivity index is 1.71. The Morgan fingerprint density at radius 3 is 2.81 bits per heavy atom. The number of amides is 1. The largest absolute Gasteiger partial charge is 0.376 e. The second-order valence-corrected chi connectivity index (χ2v) is 7.74. The molecule has 0 bridgehead atoms. The Kier molecular flexibility index (Phi) is 5.08. The summed E-state index contributed by atoms with van der Waals surface area (Å²) in [5.41, 5.74) is 1.73. The number of fused-ring (bicyclic) bond motifs is 1. The minimum Gasteiger partial charge on any atom is -0.376 e. The molecular weight excluding hydrogens is 382 g/mol. The van der Waals surface area contributed by atoms with Crippen LogP contribution >= 0.6 is 22.9 Å². The molecule has 4 rings (SSSR count). The number of nitriles is 1. The zero-order valence-corrected chi connectivity index (χ0v) is 16.0. The van der Waals surface area contributed by atoms with Gasteiger partial charge >= 0.3 is 0 Å². The molecule has 1 saturated heterocycles. The first-order valence-corrected chi connectivity index (χ1v) is 9.84. The van der Waals surface area contributed by atoms with Crippen molar-refractivity contribution in [3.05, 3.63) is 58.6 Å². The van der Waals surface area contributed by atoms with E-state index in [1.165, 1.54) is 11.3 Å². The molecule has 2 aromatic carbocycles. The molecule has 1 amide bonds. The van der Waals surface area contributed by atoms with Crippen molar-refractivity contribution in [1.82, 2.24) is 4.98 Å². The number of hydrogen-bond donors (Lipinski definition) is 0. The van der Waals surface area contributed by atoms with Crippen molar-refractivity contribution in [1.29, 1.82) is 5.26 Å². The van der Waals surface area contributed by atoms with Crippen molar-refractivity contribution in [2.45, 2.75) is 18.9 Å². The van der Waals surface area contributed by atoms with E-state index in [1.54, 1.807) is 35.2 Å². The summed E-state index contributed by atoms with van der Waals surface area (Å²) in [6.45, 7) is 1.16. The summed E-state index contributed by atoms with van der Waals surface area (Å²) in [6, 6.07) is 14.3. The van der Waals surface area contributed by atoms with E-state index in [-0.39, 0.29) is 12.0 Å². The summed E-state index contributed by atoms with van der Waals surface area (Å²) in [4.78, 5) is 19.5. The fraction of sp³-hybridized carbons (Fsp3) is 0.250. The minimum absolute atomic E-state index is 0.00480. The summed E-state index contributed by atoms with van der Waals surface area (Å²) < 4.78 is 6.67. The van der Waals surface area contributed by atoms with Gasteiger partial charge in [0.1, 0.15) is 5.52 Å². The first kappa shape index (κ1) is 17.9. The lowest BCUT2D eigenvalue weighted by Gasteiger charge is -2.23. The molecule has 1 unspecified atom stereocenters. The number of para-hydroxylation sites is 1. The van der Waals surface area contributed by atoms with E-state index in [0.717, 1.165) is 24.1 Å². The first-order chi connectivity index (χ1) is 13.2. The van der Waals surface area contributed by atoms with Crippen LogP contribution in [0, 0.1) is 11.3 Å². The van der Waals surface area contributed by atoms with Crippen LogP contribution in [0.3, 0.4) is 0 Å². The number of anilines is 1. The van der Waals surface area contributed by atoms with E-state index in [2.05, 4.69) is 11.1 Å². The monoisotopic (exact) mass is 397 g/mol. The summed E-state index contributed by atoms with van der Waals surface area (Å²) in [6.07, 6.45) is 1.91. The standard InChI is InChI=1S/C20H16ClN3O2S/c21-16-4-1-5-17-18(16)23-20(27-17)24(12-15-3-2-10-26-15)19(25)14-8-6-13(11-22)7-9-14/h1,4-9,15H,2-3,10,12H2. The Morgan fingerprint density at radius 2 is 2.15 bits per heavy atom. The average Bonchev–Trinajstić information content (AvgIpc) is 3.36. The van der Waals surface area contributed by atoms with Crippen molar-refractivity contribution < 1.29 is 9.53 Å². The third-order valence-corrected chi connectivity index (χ3v) is 5.85. The molecule has 0 radical (unpaired) electrons. The lowest BCUT2D eigenvalue weighted by atomic mass is 10.1. The van der Waals surface area contributed by atoms with Crippen molar-refractivity contribution in [2.75, 3.05) is 18.1 Å². The minimum atomic E-state index is -0.162. The second kappa shape index (κ2) is 7.65. The van der Waals surface area contributed by atoms with Crippen molar-refractivity contribution in [3.8, 4) is 6.07 Å². The summed E-state index contributed by atoms with van der Waals surface area (Å²) in [7, 11) is 0. The molecule has 0 spiro atoms. The molecule has 1 atom stereocenters. The third kappa shape index (κ3) is 3.67. The Bertz CT molecular complexity index is 1020. The highest BCUT2D eigenvalue weighted by Crippen LogP contribution is 2.34. The summed E-state index contributed by atoms with van der Waals surface area (Å²) >= 11 is 7.70. The highest BCUT2D eigenvalue weighted by atomic mass is 35.5. The van der Waals surface area contributed by atoms with Crippen LogP contribution in [-0.2, 0) is 4.74 Å². The van der Waals surface area contributed by atoms with Crippen molar-refractivity contribution in [3.63, 3.8) is 0 Å². The van der Waals surface area contributed by atoms with Gasteiger partial charge in [-0.15, -0.1) is 0 Å². The van der Waals surface area contributed by atoms with Crippen LogP contribution in [0.5, 0.6) is 0 Å². The molecule has 1 fully saturated rings. The van der Waals surface area contributed by atoms with Gasteiger partial charge in [0.05, 0.1) is 34.0 Å². The SMILES string of the molecule is N#Cc1ccc(C(=O)N(CC2CCCO2)c2nc3c(Cl)cccc3s2)cc1. The molecule has 7 heteroatoms. The van der Waals surface area contributed by atoms with Gasteiger partial charge in [0.2, 0.25) is 0 Å². The number of thiazole rings is 1. The van der Waals surface area contributed by atoms with E-state index in [0.29, 0.717) is 33.3 Å².